The van der Waals surface area contributed by atoms with E-state index < -0.39 is 23.0 Å². The van der Waals surface area contributed by atoms with E-state index >= 15 is 0 Å². The van der Waals surface area contributed by atoms with Gasteiger partial charge in [-0.1, -0.05) is 49.2 Å². The number of carbonyl (C=O) groups is 1. The van der Waals surface area contributed by atoms with Gasteiger partial charge in [0.05, 0.1) is 24.5 Å². The van der Waals surface area contributed by atoms with Crippen LogP contribution in [0, 0.1) is 17.0 Å². The fourth-order valence-corrected chi connectivity index (χ4v) is 3.77. The highest BCUT2D eigenvalue weighted by Gasteiger charge is 2.29. The lowest BCUT2D eigenvalue weighted by molar-refractivity contribution is -0.385. The van der Waals surface area contributed by atoms with Crippen LogP contribution in [-0.2, 0) is 11.3 Å². The maximum Gasteiger partial charge on any atom is 0.311 e. The number of nitrogens with zero attached hydrogens (tertiary/aromatic N) is 5. The molecule has 0 radical (unpaired) electrons. The van der Waals surface area contributed by atoms with Gasteiger partial charge in [-0.05, 0) is 41.0 Å². The Morgan fingerprint density at radius 1 is 1.26 bits per heavy atom. The van der Waals surface area contributed by atoms with Crippen molar-refractivity contribution in [3.05, 3.63) is 75.1 Å². The number of benzene rings is 2. The number of carboxylic acid groups (broad SMARTS) is 1. The molecular weight excluding hydrogens is 440 g/mol. The molecule has 3 aromatic rings. The highest BCUT2D eigenvalue weighted by Crippen LogP contribution is 2.33. The SMILES string of the molecule is CCCCn1nnnc1C(NC(CC(=O)O)c1cccc(C)c1)c1ccc(OC)c([N+](=O)[O-])c1. The number of aliphatic carboxylic acids is 1. The summed E-state index contributed by atoms with van der Waals surface area (Å²) in [6.07, 6.45) is 1.56. The maximum absolute atomic E-state index is 11.7. The van der Waals surface area contributed by atoms with E-state index in [-0.39, 0.29) is 17.9 Å². The number of aryl methyl sites for hydroxylation is 2. The van der Waals surface area contributed by atoms with Crippen LogP contribution < -0.4 is 10.1 Å². The molecule has 0 aliphatic heterocycles. The summed E-state index contributed by atoms with van der Waals surface area (Å²) in [5.74, 6) is -0.418. The van der Waals surface area contributed by atoms with Crippen molar-refractivity contribution in [2.75, 3.05) is 7.11 Å². The zero-order valence-corrected chi connectivity index (χ0v) is 19.3. The number of aromatic nitrogens is 4. The second-order valence-electron chi connectivity index (χ2n) is 7.97. The Hall–Kier alpha value is -3.86. The number of rotatable bonds is 12. The molecule has 180 valence electrons. The summed E-state index contributed by atoms with van der Waals surface area (Å²) < 4.78 is 6.78. The first kappa shape index (κ1) is 24.8. The molecule has 2 unspecified atom stereocenters. The van der Waals surface area contributed by atoms with Crippen molar-refractivity contribution in [3.8, 4) is 5.75 Å². The Labute approximate surface area is 196 Å². The first-order valence-corrected chi connectivity index (χ1v) is 11.0. The minimum absolute atomic E-state index is 0.124. The van der Waals surface area contributed by atoms with Gasteiger partial charge in [-0.2, -0.15) is 0 Å². The van der Waals surface area contributed by atoms with Crippen molar-refractivity contribution in [1.29, 1.82) is 0 Å². The number of nitro groups is 1. The third-order valence-corrected chi connectivity index (χ3v) is 5.47. The standard InChI is InChI=1S/C23H28N6O5/c1-4-5-11-28-23(25-26-27-28)22(17-9-10-20(34-3)19(13-17)29(32)33)24-18(14-21(30)31)16-8-6-7-15(2)12-16/h6-10,12-13,18,22,24H,4-5,11,14H2,1-3H3,(H,30,31). The zero-order valence-electron chi connectivity index (χ0n) is 19.3. The average molecular weight is 469 g/mol. The second-order valence-corrected chi connectivity index (χ2v) is 7.97. The van der Waals surface area contributed by atoms with Crippen LogP contribution in [0.1, 0.15) is 60.8 Å². The molecule has 3 rings (SSSR count). The quantitative estimate of drug-likeness (QED) is 0.301. The lowest BCUT2D eigenvalue weighted by Crippen LogP contribution is -2.31. The van der Waals surface area contributed by atoms with Crippen LogP contribution in [0.25, 0.3) is 0 Å². The van der Waals surface area contributed by atoms with E-state index in [1.807, 2.05) is 38.1 Å². The van der Waals surface area contributed by atoms with Crippen LogP contribution in [0.2, 0.25) is 0 Å². The molecule has 34 heavy (non-hydrogen) atoms. The second kappa shape index (κ2) is 11.3. The molecule has 0 aliphatic rings. The normalized spacial score (nSPS) is 12.8. The van der Waals surface area contributed by atoms with Crippen molar-refractivity contribution in [3.63, 3.8) is 0 Å². The Balaban J connectivity index is 2.11. The monoisotopic (exact) mass is 468 g/mol. The van der Waals surface area contributed by atoms with E-state index in [2.05, 4.69) is 20.8 Å². The van der Waals surface area contributed by atoms with E-state index in [0.29, 0.717) is 17.9 Å². The molecule has 2 atom stereocenters. The Morgan fingerprint density at radius 2 is 2.06 bits per heavy atom. The third kappa shape index (κ3) is 5.93. The van der Waals surface area contributed by atoms with Crippen LogP contribution in [0.5, 0.6) is 5.75 Å². The first-order chi connectivity index (χ1) is 16.3. The smallest absolute Gasteiger partial charge is 0.311 e. The predicted octanol–water partition coefficient (Wildman–Crippen LogP) is 3.59. The molecule has 0 saturated carbocycles. The fraction of sp³-hybridized carbons (Fsp3) is 0.391. The van der Waals surface area contributed by atoms with Gasteiger partial charge in [0.15, 0.2) is 11.6 Å². The van der Waals surface area contributed by atoms with Gasteiger partial charge in [-0.15, -0.1) is 5.10 Å². The van der Waals surface area contributed by atoms with E-state index in [4.69, 9.17) is 4.74 Å². The topological polar surface area (TPSA) is 145 Å². The average Bonchev–Trinajstić information content (AvgIpc) is 3.27. The number of hydrogen-bond acceptors (Lipinski definition) is 8. The van der Waals surface area contributed by atoms with Crippen LogP contribution in [0.4, 0.5) is 5.69 Å². The number of nitrogens with one attached hydrogen (secondary N) is 1. The zero-order chi connectivity index (χ0) is 24.7. The molecule has 0 fully saturated rings. The number of methoxy groups -OCH3 is 1. The molecule has 0 aliphatic carbocycles. The third-order valence-electron chi connectivity index (χ3n) is 5.47. The maximum atomic E-state index is 11.7. The summed E-state index contributed by atoms with van der Waals surface area (Å²) in [4.78, 5) is 22.9. The van der Waals surface area contributed by atoms with Crippen LogP contribution >= 0.6 is 0 Å². The van der Waals surface area contributed by atoms with Crippen molar-refractivity contribution in [2.24, 2.45) is 0 Å². The molecule has 1 aromatic heterocycles. The van der Waals surface area contributed by atoms with E-state index in [0.717, 1.165) is 24.0 Å². The Bertz CT molecular complexity index is 1150. The summed E-state index contributed by atoms with van der Waals surface area (Å²) in [7, 11) is 1.36. The molecule has 0 saturated heterocycles. The summed E-state index contributed by atoms with van der Waals surface area (Å²) in [5.41, 5.74) is 2.08. The molecule has 2 N–H and O–H groups in total. The highest BCUT2D eigenvalue weighted by atomic mass is 16.6. The van der Waals surface area contributed by atoms with Gasteiger partial charge in [0.25, 0.3) is 0 Å². The molecule has 0 bridgehead atoms. The number of hydrogen-bond donors (Lipinski definition) is 2. The minimum Gasteiger partial charge on any atom is -0.490 e. The van der Waals surface area contributed by atoms with Gasteiger partial charge in [-0.25, -0.2) is 4.68 Å². The number of unbranched alkanes of at least 4 members (excludes halogenated alkanes) is 1. The first-order valence-electron chi connectivity index (χ1n) is 11.0. The van der Waals surface area contributed by atoms with Gasteiger partial charge in [0, 0.05) is 18.7 Å². The van der Waals surface area contributed by atoms with Crippen LogP contribution in [0.3, 0.4) is 0 Å². The lowest BCUT2D eigenvalue weighted by atomic mass is 9.98. The number of nitro benzene ring substituents is 1. The fourth-order valence-electron chi connectivity index (χ4n) is 3.77. The summed E-state index contributed by atoms with van der Waals surface area (Å²) in [5, 5.41) is 36.7. The van der Waals surface area contributed by atoms with E-state index in [9.17, 15) is 20.0 Å². The molecule has 0 spiro atoms. The summed E-state index contributed by atoms with van der Waals surface area (Å²) >= 11 is 0. The van der Waals surface area contributed by atoms with Gasteiger partial charge in [0.1, 0.15) is 0 Å². The predicted molar refractivity (Wildman–Crippen MR) is 124 cm³/mol. The summed E-state index contributed by atoms with van der Waals surface area (Å²) in [6.45, 7) is 4.54. The Morgan fingerprint density at radius 3 is 2.71 bits per heavy atom. The number of ether oxygens (including phenoxy) is 1. The van der Waals surface area contributed by atoms with E-state index in [1.54, 1.807) is 10.7 Å². The largest absolute Gasteiger partial charge is 0.490 e. The molecular formula is C23H28N6O5. The van der Waals surface area contributed by atoms with Crippen molar-refractivity contribution < 1.29 is 19.6 Å². The molecule has 1 heterocycles. The molecule has 2 aromatic carbocycles. The highest BCUT2D eigenvalue weighted by molar-refractivity contribution is 5.68. The van der Waals surface area contributed by atoms with Crippen LogP contribution in [-0.4, -0.2) is 43.3 Å². The van der Waals surface area contributed by atoms with Gasteiger partial charge >= 0.3 is 11.7 Å². The van der Waals surface area contributed by atoms with Crippen molar-refractivity contribution in [2.45, 2.75) is 51.7 Å². The van der Waals surface area contributed by atoms with Crippen molar-refractivity contribution >= 4 is 11.7 Å². The van der Waals surface area contributed by atoms with E-state index in [1.165, 1.54) is 19.2 Å². The lowest BCUT2D eigenvalue weighted by Gasteiger charge is -2.25. The molecule has 0 amide bonds. The van der Waals surface area contributed by atoms with Crippen LogP contribution in [0.15, 0.2) is 42.5 Å². The summed E-state index contributed by atoms with van der Waals surface area (Å²) in [6, 6.07) is 10.9. The number of carboxylic acids is 1. The molecule has 11 heteroatoms. The van der Waals surface area contributed by atoms with Gasteiger partial charge < -0.3 is 9.84 Å². The minimum atomic E-state index is -0.982. The molecule has 11 nitrogen and oxygen atoms in total. The number of tetrazole rings is 1. The Kier molecular flexibility index (Phi) is 8.25. The van der Waals surface area contributed by atoms with Gasteiger partial charge in [0.2, 0.25) is 0 Å². The van der Waals surface area contributed by atoms with Gasteiger partial charge in [-0.3, -0.25) is 20.2 Å². The van der Waals surface area contributed by atoms with Crippen molar-refractivity contribution in [1.82, 2.24) is 25.5 Å².